The van der Waals surface area contributed by atoms with Gasteiger partial charge in [-0.05, 0) is 18.6 Å². The van der Waals surface area contributed by atoms with Gasteiger partial charge >= 0.3 is 5.97 Å². The third-order valence-electron chi connectivity index (χ3n) is 2.56. The fraction of sp³-hybridized carbons (Fsp3) is 0.417. The molecule has 0 radical (unpaired) electrons. The second-order valence-corrected chi connectivity index (χ2v) is 6.14. The lowest BCUT2D eigenvalue weighted by Crippen LogP contribution is -2.21. The Balaban J connectivity index is 2.86. The van der Waals surface area contributed by atoms with E-state index in [0.717, 1.165) is 6.26 Å². The van der Waals surface area contributed by atoms with Crippen LogP contribution in [-0.4, -0.2) is 39.3 Å². The van der Waals surface area contributed by atoms with Crippen LogP contribution in [0.1, 0.15) is 12.8 Å². The minimum Gasteiger partial charge on any atom is -0.481 e. The van der Waals surface area contributed by atoms with Crippen molar-refractivity contribution in [3.8, 4) is 0 Å². The van der Waals surface area contributed by atoms with Crippen LogP contribution in [0.5, 0.6) is 0 Å². The van der Waals surface area contributed by atoms with E-state index in [9.17, 15) is 13.2 Å². The molecule has 1 N–H and O–H groups in total. The summed E-state index contributed by atoms with van der Waals surface area (Å²) in [5.41, 5.74) is 0.602. The van der Waals surface area contributed by atoms with Gasteiger partial charge in [0, 0.05) is 26.3 Å². The molecular weight excluding hydrogens is 254 g/mol. The molecule has 0 aliphatic carbocycles. The van der Waals surface area contributed by atoms with Crippen LogP contribution in [0.4, 0.5) is 5.69 Å². The number of benzene rings is 1. The number of para-hydroxylation sites is 1. The van der Waals surface area contributed by atoms with Gasteiger partial charge in [-0.25, -0.2) is 8.42 Å². The smallest absolute Gasteiger partial charge is 0.303 e. The van der Waals surface area contributed by atoms with Crippen LogP contribution >= 0.6 is 0 Å². The van der Waals surface area contributed by atoms with Crippen molar-refractivity contribution in [2.45, 2.75) is 17.7 Å². The van der Waals surface area contributed by atoms with E-state index in [-0.39, 0.29) is 11.3 Å². The van der Waals surface area contributed by atoms with Gasteiger partial charge in [0.2, 0.25) is 0 Å². The topological polar surface area (TPSA) is 74.7 Å². The molecule has 0 bridgehead atoms. The molecule has 100 valence electrons. The number of carboxylic acids is 1. The maximum Gasteiger partial charge on any atom is 0.303 e. The summed E-state index contributed by atoms with van der Waals surface area (Å²) in [7, 11) is -1.52. The summed E-state index contributed by atoms with van der Waals surface area (Å²) < 4.78 is 23.2. The maximum atomic E-state index is 11.6. The van der Waals surface area contributed by atoms with Gasteiger partial charge < -0.3 is 10.0 Å². The first-order valence-corrected chi connectivity index (χ1v) is 7.43. The number of carboxylic acid groups (broad SMARTS) is 1. The third-order valence-corrected chi connectivity index (χ3v) is 3.70. The molecule has 0 unspecified atom stereocenters. The van der Waals surface area contributed by atoms with Gasteiger partial charge in [-0.1, -0.05) is 12.1 Å². The monoisotopic (exact) mass is 271 g/mol. The van der Waals surface area contributed by atoms with Gasteiger partial charge in [0.1, 0.15) is 0 Å². The Morgan fingerprint density at radius 3 is 2.50 bits per heavy atom. The van der Waals surface area contributed by atoms with E-state index in [4.69, 9.17) is 5.11 Å². The zero-order chi connectivity index (χ0) is 13.8. The van der Waals surface area contributed by atoms with Crippen LogP contribution in [-0.2, 0) is 14.6 Å². The fourth-order valence-corrected chi connectivity index (χ4v) is 2.60. The lowest BCUT2D eigenvalue weighted by atomic mass is 10.2. The first kappa shape index (κ1) is 14.5. The third kappa shape index (κ3) is 4.03. The SMILES string of the molecule is CN(CCCC(=O)O)c1ccccc1S(C)(=O)=O. The molecule has 0 fully saturated rings. The highest BCUT2D eigenvalue weighted by Crippen LogP contribution is 2.24. The summed E-state index contributed by atoms with van der Waals surface area (Å²) in [4.78, 5) is 12.5. The van der Waals surface area contributed by atoms with Crippen molar-refractivity contribution in [2.24, 2.45) is 0 Å². The number of carbonyl (C=O) groups is 1. The van der Waals surface area contributed by atoms with E-state index in [1.165, 1.54) is 0 Å². The molecular formula is C12H17NO4S. The zero-order valence-electron chi connectivity index (χ0n) is 10.5. The van der Waals surface area contributed by atoms with Crippen LogP contribution in [0.25, 0.3) is 0 Å². The molecule has 1 aromatic carbocycles. The first-order chi connectivity index (χ1) is 8.32. The molecule has 0 aliphatic heterocycles. The van der Waals surface area contributed by atoms with E-state index in [0.29, 0.717) is 18.7 Å². The number of rotatable bonds is 6. The molecule has 0 spiro atoms. The van der Waals surface area contributed by atoms with Gasteiger partial charge in [0.15, 0.2) is 9.84 Å². The van der Waals surface area contributed by atoms with E-state index >= 15 is 0 Å². The van der Waals surface area contributed by atoms with Crippen LogP contribution in [0.3, 0.4) is 0 Å². The highest BCUT2D eigenvalue weighted by molar-refractivity contribution is 7.90. The number of sulfone groups is 1. The predicted octanol–water partition coefficient (Wildman–Crippen LogP) is 1.39. The number of hydrogen-bond donors (Lipinski definition) is 1. The van der Waals surface area contributed by atoms with Crippen molar-refractivity contribution in [3.05, 3.63) is 24.3 Å². The molecule has 6 heteroatoms. The summed E-state index contributed by atoms with van der Waals surface area (Å²) in [6.07, 6.45) is 1.71. The van der Waals surface area contributed by atoms with Gasteiger partial charge in [-0.2, -0.15) is 0 Å². The summed E-state index contributed by atoms with van der Waals surface area (Å²) in [5.74, 6) is -0.847. The molecule has 0 aromatic heterocycles. The van der Waals surface area contributed by atoms with Gasteiger partial charge in [0.25, 0.3) is 0 Å². The molecule has 5 nitrogen and oxygen atoms in total. The molecule has 0 amide bonds. The van der Waals surface area contributed by atoms with Crippen LogP contribution in [0.2, 0.25) is 0 Å². The van der Waals surface area contributed by atoms with Crippen LogP contribution in [0, 0.1) is 0 Å². The molecule has 0 saturated carbocycles. The Morgan fingerprint density at radius 1 is 1.33 bits per heavy atom. The largest absolute Gasteiger partial charge is 0.481 e. The standard InChI is InChI=1S/C12H17NO4S/c1-13(9-5-8-12(14)15)10-6-3-4-7-11(10)18(2,16)17/h3-4,6-7H,5,8-9H2,1-2H3,(H,14,15). The number of nitrogens with zero attached hydrogens (tertiary/aromatic N) is 1. The quantitative estimate of drug-likeness (QED) is 0.846. The highest BCUT2D eigenvalue weighted by atomic mass is 32.2. The average Bonchev–Trinajstić information content (AvgIpc) is 2.27. The Bertz CT molecular complexity index is 525. The van der Waals surface area contributed by atoms with Crippen molar-refractivity contribution >= 4 is 21.5 Å². The second kappa shape index (κ2) is 5.86. The average molecular weight is 271 g/mol. The van der Waals surface area contributed by atoms with E-state index < -0.39 is 15.8 Å². The summed E-state index contributed by atoms with van der Waals surface area (Å²) in [6, 6.07) is 6.71. The Labute approximate surface area is 107 Å². The van der Waals surface area contributed by atoms with E-state index in [2.05, 4.69) is 0 Å². The predicted molar refractivity (Wildman–Crippen MR) is 69.7 cm³/mol. The van der Waals surface area contributed by atoms with Crippen molar-refractivity contribution in [2.75, 3.05) is 24.7 Å². The Hall–Kier alpha value is -1.56. The minimum atomic E-state index is -3.28. The lowest BCUT2D eigenvalue weighted by molar-refractivity contribution is -0.137. The minimum absolute atomic E-state index is 0.0748. The Morgan fingerprint density at radius 2 is 1.94 bits per heavy atom. The molecule has 0 aliphatic rings. The maximum absolute atomic E-state index is 11.6. The molecule has 1 aromatic rings. The van der Waals surface area contributed by atoms with Crippen molar-refractivity contribution < 1.29 is 18.3 Å². The van der Waals surface area contributed by atoms with Gasteiger partial charge in [0.05, 0.1) is 10.6 Å². The normalized spacial score (nSPS) is 11.2. The first-order valence-electron chi connectivity index (χ1n) is 5.54. The number of aliphatic carboxylic acids is 1. The Kier molecular flexibility index (Phi) is 4.72. The molecule has 0 saturated heterocycles. The van der Waals surface area contributed by atoms with Crippen molar-refractivity contribution in [3.63, 3.8) is 0 Å². The van der Waals surface area contributed by atoms with Crippen LogP contribution < -0.4 is 4.90 Å². The van der Waals surface area contributed by atoms with E-state index in [1.807, 2.05) is 0 Å². The summed E-state index contributed by atoms with van der Waals surface area (Å²) >= 11 is 0. The molecule has 0 atom stereocenters. The van der Waals surface area contributed by atoms with Crippen molar-refractivity contribution in [1.29, 1.82) is 0 Å². The lowest BCUT2D eigenvalue weighted by Gasteiger charge is -2.21. The molecule has 18 heavy (non-hydrogen) atoms. The molecule has 1 rings (SSSR count). The number of hydrogen-bond acceptors (Lipinski definition) is 4. The van der Waals surface area contributed by atoms with Gasteiger partial charge in [-0.3, -0.25) is 4.79 Å². The van der Waals surface area contributed by atoms with Gasteiger partial charge in [-0.15, -0.1) is 0 Å². The highest BCUT2D eigenvalue weighted by Gasteiger charge is 2.15. The number of anilines is 1. The zero-order valence-corrected chi connectivity index (χ0v) is 11.3. The van der Waals surface area contributed by atoms with Crippen molar-refractivity contribution in [1.82, 2.24) is 0 Å². The summed E-state index contributed by atoms with van der Waals surface area (Å²) in [6.45, 7) is 0.499. The molecule has 0 heterocycles. The summed E-state index contributed by atoms with van der Waals surface area (Å²) in [5, 5.41) is 8.57. The second-order valence-electron chi connectivity index (χ2n) is 4.16. The van der Waals surface area contributed by atoms with E-state index in [1.54, 1.807) is 36.2 Å². The fourth-order valence-electron chi connectivity index (χ4n) is 1.67. The van der Waals surface area contributed by atoms with Crippen LogP contribution in [0.15, 0.2) is 29.2 Å².